The zero-order valence-electron chi connectivity index (χ0n) is 21.2. The van der Waals surface area contributed by atoms with Gasteiger partial charge in [0, 0.05) is 18.5 Å². The van der Waals surface area contributed by atoms with E-state index in [1.165, 1.54) is 25.0 Å². The normalized spacial score (nSPS) is 18.0. The molecule has 2 aromatic carbocycles. The van der Waals surface area contributed by atoms with Crippen molar-refractivity contribution in [2.45, 2.75) is 45.1 Å². The van der Waals surface area contributed by atoms with E-state index in [9.17, 15) is 4.39 Å². The Morgan fingerprint density at radius 3 is 2.53 bits per heavy atom. The summed E-state index contributed by atoms with van der Waals surface area (Å²) in [7, 11) is 4.05. The van der Waals surface area contributed by atoms with Crippen LogP contribution in [-0.2, 0) is 29.0 Å². The smallest absolute Gasteiger partial charge is 0.175 e. The summed E-state index contributed by atoms with van der Waals surface area (Å²) in [6, 6.07) is 10.5. The predicted molar refractivity (Wildman–Crippen MR) is 135 cm³/mol. The predicted octanol–water partition coefficient (Wildman–Crippen LogP) is 4.63. The average molecular weight is 498 g/mol. The summed E-state index contributed by atoms with van der Waals surface area (Å²) in [5, 5.41) is 5.53. The van der Waals surface area contributed by atoms with Crippen molar-refractivity contribution < 1.29 is 23.1 Å². The summed E-state index contributed by atoms with van der Waals surface area (Å²) in [4.78, 5) is 4.55. The average Bonchev–Trinajstić information content (AvgIpc) is 3.54. The lowest BCUT2D eigenvalue weighted by Crippen LogP contribution is -2.39. The highest BCUT2D eigenvalue weighted by Crippen LogP contribution is 2.33. The summed E-state index contributed by atoms with van der Waals surface area (Å²) in [6.45, 7) is 5.53. The molecule has 5 rings (SSSR count). The van der Waals surface area contributed by atoms with Crippen molar-refractivity contribution in [3.8, 4) is 5.75 Å². The van der Waals surface area contributed by atoms with Gasteiger partial charge in [0.2, 0.25) is 0 Å². The number of hydrogen-bond donors (Lipinski definition) is 0. The van der Waals surface area contributed by atoms with E-state index in [0.29, 0.717) is 32.3 Å². The zero-order valence-corrected chi connectivity index (χ0v) is 21.2. The highest BCUT2D eigenvalue weighted by molar-refractivity contribution is 5.84. The van der Waals surface area contributed by atoms with Gasteiger partial charge in [-0.15, -0.1) is 0 Å². The molecule has 3 heterocycles. The first-order chi connectivity index (χ1) is 17.5. The number of likely N-dealkylation sites (tertiary alicyclic amines) is 1. The van der Waals surface area contributed by atoms with E-state index < -0.39 is 0 Å². The molecule has 2 fully saturated rings. The van der Waals surface area contributed by atoms with E-state index in [1.807, 2.05) is 20.2 Å². The standard InChI is InChI=1S/C28H36FN3O4/c1-31(2)17-24-26(35-19-21-3-6-22(29)7-4-21)10-8-23-25(30-36-28(23)24)9-5-20-11-13-32(14-12-20)18-27-33-15-16-34-27/h3-4,6-8,10,20,27H,5,9,11-19H2,1-2H3. The molecular weight excluding hydrogens is 461 g/mol. The van der Waals surface area contributed by atoms with Crippen molar-refractivity contribution >= 4 is 11.0 Å². The van der Waals surface area contributed by atoms with Crippen LogP contribution in [-0.4, -0.2) is 68.2 Å². The second-order valence-corrected chi connectivity index (χ2v) is 10.2. The quantitative estimate of drug-likeness (QED) is 0.405. The number of halogens is 1. The Balaban J connectivity index is 1.21. The molecule has 0 N–H and O–H groups in total. The Morgan fingerprint density at radius 2 is 1.81 bits per heavy atom. The van der Waals surface area contributed by atoms with E-state index in [1.54, 1.807) is 12.1 Å². The fraction of sp³-hybridized carbons (Fsp3) is 0.536. The van der Waals surface area contributed by atoms with Crippen molar-refractivity contribution in [1.29, 1.82) is 0 Å². The summed E-state index contributed by atoms with van der Waals surface area (Å²) in [6.07, 6.45) is 4.34. The molecular formula is C28H36FN3O4. The van der Waals surface area contributed by atoms with Crippen molar-refractivity contribution in [3.63, 3.8) is 0 Å². The fourth-order valence-corrected chi connectivity index (χ4v) is 5.14. The van der Waals surface area contributed by atoms with Crippen LogP contribution in [0.3, 0.4) is 0 Å². The molecule has 0 radical (unpaired) electrons. The molecule has 0 aliphatic carbocycles. The van der Waals surface area contributed by atoms with Crippen LogP contribution in [0.25, 0.3) is 11.0 Å². The van der Waals surface area contributed by atoms with Crippen LogP contribution in [0.15, 0.2) is 40.9 Å². The number of piperidine rings is 1. The molecule has 2 saturated heterocycles. The molecule has 3 aromatic rings. The third-order valence-corrected chi connectivity index (χ3v) is 7.15. The van der Waals surface area contributed by atoms with Gasteiger partial charge >= 0.3 is 0 Å². The summed E-state index contributed by atoms with van der Waals surface area (Å²) >= 11 is 0. The van der Waals surface area contributed by atoms with Crippen LogP contribution in [0, 0.1) is 11.7 Å². The first kappa shape index (κ1) is 25.1. The van der Waals surface area contributed by atoms with E-state index in [2.05, 4.69) is 21.0 Å². The van der Waals surface area contributed by atoms with Crippen LogP contribution in [0.5, 0.6) is 5.75 Å². The van der Waals surface area contributed by atoms with Gasteiger partial charge in [0.25, 0.3) is 0 Å². The second-order valence-electron chi connectivity index (χ2n) is 10.2. The molecule has 2 aliphatic rings. The Labute approximate surface area is 212 Å². The molecule has 0 amide bonds. The molecule has 0 unspecified atom stereocenters. The van der Waals surface area contributed by atoms with E-state index in [4.69, 9.17) is 18.7 Å². The van der Waals surface area contributed by atoms with Crippen LogP contribution < -0.4 is 4.74 Å². The maximum Gasteiger partial charge on any atom is 0.175 e. The van der Waals surface area contributed by atoms with Gasteiger partial charge in [-0.1, -0.05) is 17.3 Å². The minimum atomic E-state index is -0.249. The highest BCUT2D eigenvalue weighted by Gasteiger charge is 2.25. The third-order valence-electron chi connectivity index (χ3n) is 7.15. The largest absolute Gasteiger partial charge is 0.488 e. The molecule has 1 aromatic heterocycles. The van der Waals surface area contributed by atoms with E-state index in [-0.39, 0.29) is 12.1 Å². The highest BCUT2D eigenvalue weighted by atomic mass is 19.1. The first-order valence-corrected chi connectivity index (χ1v) is 12.9. The molecule has 8 heteroatoms. The van der Waals surface area contributed by atoms with Gasteiger partial charge in [-0.3, -0.25) is 4.90 Å². The Hall–Kier alpha value is -2.52. The lowest BCUT2D eigenvalue weighted by atomic mass is 9.91. The fourth-order valence-electron chi connectivity index (χ4n) is 5.14. The second kappa shape index (κ2) is 11.7. The van der Waals surface area contributed by atoms with E-state index in [0.717, 1.165) is 66.0 Å². The van der Waals surface area contributed by atoms with Crippen LogP contribution in [0.2, 0.25) is 0 Å². The minimum absolute atomic E-state index is 0.0519. The van der Waals surface area contributed by atoms with Gasteiger partial charge in [-0.2, -0.15) is 0 Å². The van der Waals surface area contributed by atoms with Crippen LogP contribution in [0.1, 0.15) is 36.1 Å². The monoisotopic (exact) mass is 497 g/mol. The molecule has 0 atom stereocenters. The van der Waals surface area contributed by atoms with Crippen LogP contribution in [0.4, 0.5) is 4.39 Å². The topological polar surface area (TPSA) is 60.2 Å². The van der Waals surface area contributed by atoms with Crippen molar-refractivity contribution in [3.05, 3.63) is 59.0 Å². The zero-order chi connectivity index (χ0) is 24.9. The minimum Gasteiger partial charge on any atom is -0.488 e. The summed E-state index contributed by atoms with van der Waals surface area (Å²) in [5.41, 5.74) is 3.72. The number of nitrogens with zero attached hydrogens (tertiary/aromatic N) is 3. The molecule has 7 nitrogen and oxygen atoms in total. The van der Waals surface area contributed by atoms with Crippen molar-refractivity contribution in [2.75, 3.05) is 46.9 Å². The molecule has 0 spiro atoms. The Morgan fingerprint density at radius 1 is 1.06 bits per heavy atom. The van der Waals surface area contributed by atoms with E-state index >= 15 is 0 Å². The number of rotatable bonds is 10. The van der Waals surface area contributed by atoms with Gasteiger partial charge in [0.15, 0.2) is 11.9 Å². The lowest BCUT2D eigenvalue weighted by Gasteiger charge is -2.32. The number of aryl methyl sites for hydroxylation is 1. The van der Waals surface area contributed by atoms with Crippen LogP contribution >= 0.6 is 0 Å². The van der Waals surface area contributed by atoms with Crippen molar-refractivity contribution in [1.82, 2.24) is 15.0 Å². The molecule has 194 valence electrons. The Kier molecular flexibility index (Phi) is 8.16. The molecule has 36 heavy (non-hydrogen) atoms. The maximum atomic E-state index is 13.2. The summed E-state index contributed by atoms with van der Waals surface area (Å²) in [5.74, 6) is 1.21. The van der Waals surface area contributed by atoms with Gasteiger partial charge in [0.05, 0.1) is 24.5 Å². The molecule has 2 aliphatic heterocycles. The third kappa shape index (κ3) is 6.24. The first-order valence-electron chi connectivity index (χ1n) is 12.9. The number of hydrogen-bond acceptors (Lipinski definition) is 7. The van der Waals surface area contributed by atoms with Gasteiger partial charge in [0.1, 0.15) is 18.2 Å². The molecule has 0 bridgehead atoms. The number of benzene rings is 2. The van der Waals surface area contributed by atoms with Gasteiger partial charge in [-0.05, 0) is 88.6 Å². The van der Waals surface area contributed by atoms with Crippen molar-refractivity contribution in [2.24, 2.45) is 5.92 Å². The molecule has 0 saturated carbocycles. The summed E-state index contributed by atoms with van der Waals surface area (Å²) < 4.78 is 36.4. The maximum absolute atomic E-state index is 13.2. The van der Waals surface area contributed by atoms with Gasteiger partial charge in [-0.25, -0.2) is 4.39 Å². The number of aromatic nitrogens is 1. The SMILES string of the molecule is CN(C)Cc1c(OCc2ccc(F)cc2)ccc2c(CCC3CCN(CC4OCCO4)CC3)noc12. The number of fused-ring (bicyclic) bond motifs is 1. The Bertz CT molecular complexity index is 1120. The number of ether oxygens (including phenoxy) is 3. The van der Waals surface area contributed by atoms with Gasteiger partial charge < -0.3 is 23.6 Å². The lowest BCUT2D eigenvalue weighted by molar-refractivity contribution is -0.0661.